The van der Waals surface area contributed by atoms with Crippen molar-refractivity contribution in [2.24, 2.45) is 0 Å². The summed E-state index contributed by atoms with van der Waals surface area (Å²) >= 11 is 1.87. The van der Waals surface area contributed by atoms with E-state index in [1.165, 1.54) is 0 Å². The molecule has 1 aliphatic heterocycles. The van der Waals surface area contributed by atoms with Gasteiger partial charge in [0.15, 0.2) is 0 Å². The van der Waals surface area contributed by atoms with E-state index in [9.17, 15) is 9.90 Å². The minimum Gasteiger partial charge on any atom is -0.489 e. The second-order valence-electron chi connectivity index (χ2n) is 6.61. The third kappa shape index (κ3) is 3.96. The van der Waals surface area contributed by atoms with E-state index >= 15 is 0 Å². The van der Waals surface area contributed by atoms with Crippen molar-refractivity contribution in [3.63, 3.8) is 0 Å². The van der Waals surface area contributed by atoms with Crippen molar-refractivity contribution in [2.75, 3.05) is 24.6 Å². The van der Waals surface area contributed by atoms with Crippen molar-refractivity contribution >= 4 is 28.6 Å². The lowest BCUT2D eigenvalue weighted by Crippen LogP contribution is -2.39. The summed E-state index contributed by atoms with van der Waals surface area (Å²) < 4.78 is 5.93. The molecule has 2 heterocycles. The van der Waals surface area contributed by atoms with E-state index in [2.05, 4.69) is 9.88 Å². The van der Waals surface area contributed by atoms with Gasteiger partial charge >= 0.3 is 5.97 Å². The summed E-state index contributed by atoms with van der Waals surface area (Å²) in [6, 6.07) is 15.2. The number of hydrogen-bond acceptors (Lipinski definition) is 4. The van der Waals surface area contributed by atoms with Gasteiger partial charge in [-0.05, 0) is 23.8 Å². The highest BCUT2D eigenvalue weighted by molar-refractivity contribution is 7.99. The fourth-order valence-corrected chi connectivity index (χ4v) is 4.43. The smallest absolute Gasteiger partial charge is 0.325 e. The highest BCUT2D eigenvalue weighted by atomic mass is 32.2. The van der Waals surface area contributed by atoms with E-state index in [0.717, 1.165) is 52.4 Å². The zero-order valence-corrected chi connectivity index (χ0v) is 15.7. The van der Waals surface area contributed by atoms with Gasteiger partial charge < -0.3 is 14.8 Å². The Hall–Kier alpha value is -2.44. The van der Waals surface area contributed by atoms with Crippen molar-refractivity contribution in [3.8, 4) is 5.75 Å². The van der Waals surface area contributed by atoms with Crippen LogP contribution in [-0.4, -0.2) is 45.6 Å². The molecule has 1 aromatic heterocycles. The van der Waals surface area contributed by atoms with Gasteiger partial charge in [0.2, 0.25) is 0 Å². The van der Waals surface area contributed by atoms with Gasteiger partial charge in [-0.15, -0.1) is 0 Å². The molecular formula is C21H22N2O3S. The molecule has 0 aliphatic carbocycles. The molecule has 1 aliphatic rings. The van der Waals surface area contributed by atoms with E-state index in [-0.39, 0.29) is 0 Å². The Morgan fingerprint density at radius 2 is 1.96 bits per heavy atom. The minimum absolute atomic E-state index is 0.484. The maximum Gasteiger partial charge on any atom is 0.325 e. The summed E-state index contributed by atoms with van der Waals surface area (Å²) in [5, 5.41) is 10.8. The number of H-pyrrole nitrogens is 1. The van der Waals surface area contributed by atoms with Gasteiger partial charge in [-0.3, -0.25) is 9.69 Å². The average Bonchev–Trinajstić information content (AvgIpc) is 3.11. The average molecular weight is 382 g/mol. The molecule has 140 valence electrons. The first-order valence-electron chi connectivity index (χ1n) is 9.05. The number of fused-ring (bicyclic) bond motifs is 1. The molecule has 0 saturated carbocycles. The first-order chi connectivity index (χ1) is 13.2. The largest absolute Gasteiger partial charge is 0.489 e. The number of carboxylic acids is 1. The highest BCUT2D eigenvalue weighted by Crippen LogP contribution is 2.32. The van der Waals surface area contributed by atoms with Crippen LogP contribution in [0.4, 0.5) is 0 Å². The van der Waals surface area contributed by atoms with E-state index in [1.54, 1.807) is 0 Å². The first kappa shape index (κ1) is 17.9. The Morgan fingerprint density at radius 3 is 2.70 bits per heavy atom. The molecule has 27 heavy (non-hydrogen) atoms. The Bertz CT molecular complexity index is 920. The fraction of sp³-hybridized carbons (Fsp3) is 0.286. The Kier molecular flexibility index (Phi) is 5.36. The summed E-state index contributed by atoms with van der Waals surface area (Å²) in [6.07, 6.45) is 1.83. The fourth-order valence-electron chi connectivity index (χ4n) is 3.50. The number of carboxylic acid groups (broad SMARTS) is 1. The predicted octanol–water partition coefficient (Wildman–Crippen LogP) is 3.92. The number of hydrogen-bond donors (Lipinski definition) is 2. The molecule has 5 nitrogen and oxygen atoms in total. The van der Waals surface area contributed by atoms with Crippen LogP contribution in [0.3, 0.4) is 0 Å². The molecule has 1 atom stereocenters. The lowest BCUT2D eigenvalue weighted by Gasteiger charge is -2.31. The second kappa shape index (κ2) is 8.06. The van der Waals surface area contributed by atoms with E-state index < -0.39 is 12.0 Å². The Balaban J connectivity index is 1.61. The van der Waals surface area contributed by atoms with Crippen molar-refractivity contribution in [2.45, 2.75) is 12.6 Å². The molecule has 0 spiro atoms. The summed E-state index contributed by atoms with van der Waals surface area (Å²) in [5.41, 5.74) is 2.82. The molecule has 4 rings (SSSR count). The molecule has 1 fully saturated rings. The Morgan fingerprint density at radius 1 is 1.19 bits per heavy atom. The van der Waals surface area contributed by atoms with Crippen LogP contribution in [0.15, 0.2) is 54.7 Å². The molecular weight excluding hydrogens is 360 g/mol. The third-order valence-corrected chi connectivity index (χ3v) is 5.82. The summed E-state index contributed by atoms with van der Waals surface area (Å²) in [7, 11) is 0. The van der Waals surface area contributed by atoms with Crippen molar-refractivity contribution in [3.05, 3.63) is 65.9 Å². The second-order valence-corrected chi connectivity index (χ2v) is 7.84. The van der Waals surface area contributed by atoms with Crippen LogP contribution in [0.5, 0.6) is 5.75 Å². The molecule has 0 bridgehead atoms. The van der Waals surface area contributed by atoms with Gasteiger partial charge in [-0.1, -0.05) is 30.3 Å². The number of rotatable bonds is 6. The van der Waals surface area contributed by atoms with Gasteiger partial charge in [-0.2, -0.15) is 11.8 Å². The van der Waals surface area contributed by atoms with Crippen LogP contribution in [0, 0.1) is 0 Å². The van der Waals surface area contributed by atoms with Crippen molar-refractivity contribution in [1.29, 1.82) is 0 Å². The summed E-state index contributed by atoms with van der Waals surface area (Å²) in [5.74, 6) is 1.87. The number of aromatic nitrogens is 1. The SMILES string of the molecule is O=C(O)[C@H](c1c[nH]c2ccc(OCc3ccccc3)cc12)N1CCSCC1. The number of aromatic amines is 1. The summed E-state index contributed by atoms with van der Waals surface area (Å²) in [6.45, 7) is 2.06. The van der Waals surface area contributed by atoms with Crippen LogP contribution in [0.2, 0.25) is 0 Å². The molecule has 2 aromatic carbocycles. The number of ether oxygens (including phenoxy) is 1. The van der Waals surface area contributed by atoms with Crippen molar-refractivity contribution < 1.29 is 14.6 Å². The van der Waals surface area contributed by atoms with Crippen LogP contribution >= 0.6 is 11.8 Å². The van der Waals surface area contributed by atoms with Crippen LogP contribution in [0.1, 0.15) is 17.2 Å². The Labute approximate surface area is 162 Å². The standard InChI is InChI=1S/C21H22N2O3S/c24-21(25)20(23-8-10-27-11-9-23)18-13-22-19-7-6-16(12-17(18)19)26-14-15-4-2-1-3-5-15/h1-7,12-13,20,22H,8-11,14H2,(H,24,25)/t20-/m0/s1. The molecule has 0 radical (unpaired) electrons. The predicted molar refractivity (Wildman–Crippen MR) is 108 cm³/mol. The minimum atomic E-state index is -0.807. The number of carbonyl (C=O) groups is 1. The third-order valence-electron chi connectivity index (χ3n) is 4.87. The number of thioether (sulfide) groups is 1. The molecule has 0 amide bonds. The topological polar surface area (TPSA) is 65.6 Å². The van der Waals surface area contributed by atoms with Gasteiger partial charge in [0.25, 0.3) is 0 Å². The molecule has 3 aromatic rings. The zero-order valence-electron chi connectivity index (χ0n) is 14.9. The van der Waals surface area contributed by atoms with Crippen LogP contribution in [-0.2, 0) is 11.4 Å². The monoisotopic (exact) mass is 382 g/mol. The first-order valence-corrected chi connectivity index (χ1v) is 10.2. The number of benzene rings is 2. The van der Waals surface area contributed by atoms with Gasteiger partial charge in [-0.25, -0.2) is 0 Å². The van der Waals surface area contributed by atoms with Gasteiger partial charge in [0.05, 0.1) is 0 Å². The summed E-state index contributed by atoms with van der Waals surface area (Å²) in [4.78, 5) is 17.3. The molecule has 0 unspecified atom stereocenters. The number of aliphatic carboxylic acids is 1. The lowest BCUT2D eigenvalue weighted by molar-refractivity contribution is -0.143. The van der Waals surface area contributed by atoms with E-state index in [4.69, 9.17) is 4.74 Å². The van der Waals surface area contributed by atoms with Crippen LogP contribution in [0.25, 0.3) is 10.9 Å². The highest BCUT2D eigenvalue weighted by Gasteiger charge is 2.30. The molecule has 2 N–H and O–H groups in total. The molecule has 1 saturated heterocycles. The maximum atomic E-state index is 12.0. The lowest BCUT2D eigenvalue weighted by atomic mass is 10.0. The van der Waals surface area contributed by atoms with E-state index in [0.29, 0.717) is 6.61 Å². The number of nitrogens with one attached hydrogen (secondary N) is 1. The van der Waals surface area contributed by atoms with E-state index in [1.807, 2.05) is 66.5 Å². The van der Waals surface area contributed by atoms with Crippen molar-refractivity contribution in [1.82, 2.24) is 9.88 Å². The number of nitrogens with zero attached hydrogens (tertiary/aromatic N) is 1. The van der Waals surface area contributed by atoms with Crippen LogP contribution < -0.4 is 4.74 Å². The zero-order chi connectivity index (χ0) is 18.6. The van der Waals surface area contributed by atoms with Gasteiger partial charge in [0.1, 0.15) is 18.4 Å². The normalized spacial score (nSPS) is 16.3. The maximum absolute atomic E-state index is 12.0. The molecule has 6 heteroatoms. The quantitative estimate of drug-likeness (QED) is 0.676. The van der Waals surface area contributed by atoms with Gasteiger partial charge in [0, 0.05) is 47.3 Å².